The third-order valence-electron chi connectivity index (χ3n) is 1.70. The van der Waals surface area contributed by atoms with Crippen LogP contribution in [0.5, 0.6) is 0 Å². The molecule has 0 bridgehead atoms. The number of amides is 1. The van der Waals surface area contributed by atoms with Gasteiger partial charge in [-0.2, -0.15) is 0 Å². The second-order valence-corrected chi connectivity index (χ2v) is 4.45. The molecule has 0 aromatic rings. The summed E-state index contributed by atoms with van der Waals surface area (Å²) in [6.07, 6.45) is 1.09. The van der Waals surface area contributed by atoms with Crippen molar-refractivity contribution in [3.8, 4) is 0 Å². The molecule has 1 amide bonds. The molecule has 4 N–H and O–H groups in total. The Morgan fingerprint density at radius 1 is 1.50 bits per heavy atom. The zero-order valence-corrected chi connectivity index (χ0v) is 10.1. The molecule has 0 aliphatic heterocycles. The summed E-state index contributed by atoms with van der Waals surface area (Å²) < 4.78 is 5.29. The van der Waals surface area contributed by atoms with E-state index < -0.39 is 0 Å². The Balaban J connectivity index is 3.52. The molecule has 0 atom stereocenters. The Bertz CT molecular complexity index is 246. The van der Waals surface area contributed by atoms with Crippen LogP contribution < -0.4 is 11.1 Å². The zero-order valence-electron chi connectivity index (χ0n) is 10.1. The van der Waals surface area contributed by atoms with Crippen molar-refractivity contribution in [2.45, 2.75) is 39.2 Å². The average Bonchev–Trinajstić information content (AvgIpc) is 2.20. The number of nitrogens with zero attached hydrogens (tertiary/aromatic N) is 1. The van der Waals surface area contributed by atoms with Crippen LogP contribution in [-0.4, -0.2) is 35.7 Å². The highest BCUT2D eigenvalue weighted by Crippen LogP contribution is 2.05. The van der Waals surface area contributed by atoms with Crippen molar-refractivity contribution in [1.29, 1.82) is 0 Å². The van der Waals surface area contributed by atoms with Crippen LogP contribution in [0, 0.1) is 0 Å². The Labute approximate surface area is 95.8 Å². The van der Waals surface area contributed by atoms with Crippen molar-refractivity contribution in [1.82, 2.24) is 5.32 Å². The minimum Gasteiger partial charge on any atom is -0.409 e. The lowest BCUT2D eigenvalue weighted by Crippen LogP contribution is -2.32. The summed E-state index contributed by atoms with van der Waals surface area (Å²) in [5.74, 6) is 0.00891. The summed E-state index contributed by atoms with van der Waals surface area (Å²) in [4.78, 5) is 11.3. The van der Waals surface area contributed by atoms with Gasteiger partial charge < -0.3 is 21.0 Å². The molecule has 0 aromatic heterocycles. The largest absolute Gasteiger partial charge is 0.409 e. The van der Waals surface area contributed by atoms with E-state index in [4.69, 9.17) is 15.7 Å². The number of carbonyl (C=O) groups excluding carboxylic acids is 1. The van der Waals surface area contributed by atoms with Gasteiger partial charge in [-0.25, -0.2) is 0 Å². The number of nitrogens with one attached hydrogen (secondary N) is 1. The zero-order chi connectivity index (χ0) is 12.6. The topological polar surface area (TPSA) is 96.9 Å². The van der Waals surface area contributed by atoms with E-state index in [1.165, 1.54) is 0 Å². The summed E-state index contributed by atoms with van der Waals surface area (Å²) in [5, 5.41) is 13.8. The van der Waals surface area contributed by atoms with Crippen LogP contribution >= 0.6 is 0 Å². The maximum atomic E-state index is 11.3. The number of nitrogens with two attached hydrogens (primary N) is 1. The molecule has 0 aliphatic carbocycles. The minimum absolute atomic E-state index is 0.0487. The van der Waals surface area contributed by atoms with Crippen molar-refractivity contribution < 1.29 is 14.7 Å². The van der Waals surface area contributed by atoms with Crippen molar-refractivity contribution >= 4 is 11.7 Å². The van der Waals surface area contributed by atoms with Gasteiger partial charge in [0.25, 0.3) is 0 Å². The summed E-state index contributed by atoms with van der Waals surface area (Å²) >= 11 is 0. The fourth-order valence-electron chi connectivity index (χ4n) is 0.880. The van der Waals surface area contributed by atoms with Crippen molar-refractivity contribution in [2.24, 2.45) is 10.9 Å². The smallest absolute Gasteiger partial charge is 0.246 e. The van der Waals surface area contributed by atoms with Gasteiger partial charge >= 0.3 is 0 Å². The van der Waals surface area contributed by atoms with Crippen LogP contribution in [0.4, 0.5) is 0 Å². The molecule has 6 heteroatoms. The highest BCUT2D eigenvalue weighted by atomic mass is 16.5. The van der Waals surface area contributed by atoms with E-state index in [-0.39, 0.29) is 24.0 Å². The van der Waals surface area contributed by atoms with Crippen molar-refractivity contribution in [3.05, 3.63) is 0 Å². The summed E-state index contributed by atoms with van der Waals surface area (Å²) in [5.41, 5.74) is 4.95. The Morgan fingerprint density at radius 3 is 2.62 bits per heavy atom. The SMILES string of the molecule is CC(C)(C)OCC(=O)NCCCC(N)=NO. The molecule has 94 valence electrons. The molecule has 0 heterocycles. The van der Waals surface area contributed by atoms with Gasteiger partial charge in [0.15, 0.2) is 0 Å². The third kappa shape index (κ3) is 9.26. The number of oxime groups is 1. The van der Waals surface area contributed by atoms with Gasteiger partial charge in [-0.3, -0.25) is 4.79 Å². The molecular formula is C10H21N3O3. The van der Waals surface area contributed by atoms with Gasteiger partial charge in [0.05, 0.1) is 5.60 Å². The predicted octanol–water partition coefficient (Wildman–Crippen LogP) is 0.444. The lowest BCUT2D eigenvalue weighted by atomic mass is 10.2. The lowest BCUT2D eigenvalue weighted by Gasteiger charge is -2.18. The van der Waals surface area contributed by atoms with Crippen LogP contribution in [0.1, 0.15) is 33.6 Å². The summed E-state index contributed by atoms with van der Waals surface area (Å²) in [7, 11) is 0. The number of ether oxygens (including phenoxy) is 1. The molecule has 0 aromatic carbocycles. The predicted molar refractivity (Wildman–Crippen MR) is 61.4 cm³/mol. The highest BCUT2D eigenvalue weighted by molar-refractivity contribution is 5.79. The highest BCUT2D eigenvalue weighted by Gasteiger charge is 2.12. The number of hydrogen-bond donors (Lipinski definition) is 3. The quantitative estimate of drug-likeness (QED) is 0.203. The van der Waals surface area contributed by atoms with E-state index in [0.717, 1.165) is 0 Å². The summed E-state index contributed by atoms with van der Waals surface area (Å²) in [6.45, 7) is 6.20. The van der Waals surface area contributed by atoms with E-state index in [0.29, 0.717) is 19.4 Å². The lowest BCUT2D eigenvalue weighted by molar-refractivity contribution is -0.130. The normalized spacial score (nSPS) is 12.6. The third-order valence-corrected chi connectivity index (χ3v) is 1.70. The fraction of sp³-hybridized carbons (Fsp3) is 0.800. The molecule has 0 rings (SSSR count). The first-order valence-electron chi connectivity index (χ1n) is 5.22. The number of hydrogen-bond acceptors (Lipinski definition) is 4. The van der Waals surface area contributed by atoms with Gasteiger partial charge in [-0.1, -0.05) is 5.16 Å². The molecule has 0 unspecified atom stereocenters. The van der Waals surface area contributed by atoms with Crippen molar-refractivity contribution in [2.75, 3.05) is 13.2 Å². The first-order valence-corrected chi connectivity index (χ1v) is 5.22. The van der Waals surface area contributed by atoms with Gasteiger partial charge in [0.1, 0.15) is 12.4 Å². The van der Waals surface area contributed by atoms with E-state index in [1.54, 1.807) is 0 Å². The van der Waals surface area contributed by atoms with Crippen LogP contribution in [0.2, 0.25) is 0 Å². The standard InChI is InChI=1S/C10H21N3O3/c1-10(2,3)16-7-9(14)12-6-4-5-8(11)13-15/h15H,4-7H2,1-3H3,(H2,11,13)(H,12,14). The Hall–Kier alpha value is -1.30. The Kier molecular flexibility index (Phi) is 6.48. The van der Waals surface area contributed by atoms with Gasteiger partial charge in [0.2, 0.25) is 5.91 Å². The monoisotopic (exact) mass is 231 g/mol. The molecule has 0 saturated carbocycles. The molecule has 0 radical (unpaired) electrons. The molecule has 0 aliphatic rings. The molecule has 6 nitrogen and oxygen atoms in total. The average molecular weight is 231 g/mol. The van der Waals surface area contributed by atoms with E-state index >= 15 is 0 Å². The van der Waals surface area contributed by atoms with Gasteiger partial charge in [-0.15, -0.1) is 0 Å². The van der Waals surface area contributed by atoms with Gasteiger partial charge in [0, 0.05) is 13.0 Å². The number of amidine groups is 1. The Morgan fingerprint density at radius 2 is 2.12 bits per heavy atom. The fourth-order valence-corrected chi connectivity index (χ4v) is 0.880. The minimum atomic E-state index is -0.314. The number of carbonyl (C=O) groups is 1. The molecule has 0 spiro atoms. The maximum Gasteiger partial charge on any atom is 0.246 e. The second-order valence-electron chi connectivity index (χ2n) is 4.45. The van der Waals surface area contributed by atoms with Crippen LogP contribution in [0.3, 0.4) is 0 Å². The maximum absolute atomic E-state index is 11.3. The number of rotatable bonds is 6. The molecule has 16 heavy (non-hydrogen) atoms. The first-order chi connectivity index (χ1) is 7.35. The van der Waals surface area contributed by atoms with Crippen LogP contribution in [-0.2, 0) is 9.53 Å². The van der Waals surface area contributed by atoms with Crippen molar-refractivity contribution in [3.63, 3.8) is 0 Å². The van der Waals surface area contributed by atoms with E-state index in [2.05, 4.69) is 10.5 Å². The first kappa shape index (κ1) is 14.7. The molecule has 0 fully saturated rings. The van der Waals surface area contributed by atoms with Crippen LogP contribution in [0.25, 0.3) is 0 Å². The second kappa shape index (κ2) is 7.05. The van der Waals surface area contributed by atoms with Crippen LogP contribution in [0.15, 0.2) is 5.16 Å². The molecule has 0 saturated heterocycles. The van der Waals surface area contributed by atoms with Gasteiger partial charge in [-0.05, 0) is 27.2 Å². The van der Waals surface area contributed by atoms with E-state index in [9.17, 15) is 4.79 Å². The van der Waals surface area contributed by atoms with E-state index in [1.807, 2.05) is 20.8 Å². The summed E-state index contributed by atoms with van der Waals surface area (Å²) in [6, 6.07) is 0. The molecular weight excluding hydrogens is 210 g/mol.